The zero-order chi connectivity index (χ0) is 16.5. The molecule has 0 saturated carbocycles. The van der Waals surface area contributed by atoms with E-state index in [0.717, 1.165) is 22.4 Å². The molecule has 2 aromatic heterocycles. The smallest absolute Gasteiger partial charge is 0.274 e. The van der Waals surface area contributed by atoms with Crippen LogP contribution >= 0.6 is 15.9 Å². The number of aromatic nitrogens is 1. The molecule has 6 heteroatoms. The van der Waals surface area contributed by atoms with Crippen LogP contribution in [0.2, 0.25) is 0 Å². The second kappa shape index (κ2) is 6.05. The van der Waals surface area contributed by atoms with E-state index in [0.29, 0.717) is 22.5 Å². The lowest BCUT2D eigenvalue weighted by Crippen LogP contribution is -2.14. The molecule has 0 aliphatic carbocycles. The Labute approximate surface area is 146 Å². The zero-order valence-electron chi connectivity index (χ0n) is 12.5. The molecular weight excluding hydrogens is 370 g/mol. The minimum absolute atomic E-state index is 0.254. The molecule has 1 N–H and O–H groups in total. The predicted molar refractivity (Wildman–Crippen MR) is 94.4 cm³/mol. The number of furan rings is 1. The van der Waals surface area contributed by atoms with Crippen molar-refractivity contribution in [1.82, 2.24) is 4.98 Å². The molecule has 118 valence electrons. The van der Waals surface area contributed by atoms with E-state index in [1.807, 2.05) is 24.3 Å². The van der Waals surface area contributed by atoms with E-state index in [-0.39, 0.29) is 5.91 Å². The van der Waals surface area contributed by atoms with Gasteiger partial charge in [0, 0.05) is 16.8 Å². The summed E-state index contributed by atoms with van der Waals surface area (Å²) < 4.78 is 5.77. The SMILES string of the molecule is O=C(Nc1ccc2c(c1)C(c1ccoc1)=NC2)c1cccc(Br)n1. The van der Waals surface area contributed by atoms with Gasteiger partial charge in [-0.25, -0.2) is 4.98 Å². The van der Waals surface area contributed by atoms with Crippen molar-refractivity contribution in [2.24, 2.45) is 4.99 Å². The normalized spacial score (nSPS) is 12.6. The van der Waals surface area contributed by atoms with Crippen LogP contribution in [0.4, 0.5) is 5.69 Å². The summed E-state index contributed by atoms with van der Waals surface area (Å²) in [4.78, 5) is 21.1. The molecule has 0 bridgehead atoms. The number of aliphatic imine (C=N–C) groups is 1. The van der Waals surface area contributed by atoms with Crippen molar-refractivity contribution < 1.29 is 9.21 Å². The first kappa shape index (κ1) is 14.8. The topological polar surface area (TPSA) is 67.5 Å². The molecule has 1 aliphatic rings. The summed E-state index contributed by atoms with van der Waals surface area (Å²) in [6.07, 6.45) is 3.30. The van der Waals surface area contributed by atoms with Crippen molar-refractivity contribution in [1.29, 1.82) is 0 Å². The molecular formula is C18H12BrN3O2. The van der Waals surface area contributed by atoms with E-state index in [1.54, 1.807) is 30.7 Å². The maximum atomic E-state index is 12.3. The van der Waals surface area contributed by atoms with Gasteiger partial charge in [0.05, 0.1) is 24.8 Å². The van der Waals surface area contributed by atoms with Crippen LogP contribution in [0, 0.1) is 0 Å². The lowest BCUT2D eigenvalue weighted by molar-refractivity contribution is 0.102. The standard InChI is InChI=1S/C18H12BrN3O2/c19-16-3-1-2-15(22-16)18(23)21-13-5-4-11-9-20-17(14(11)8-13)12-6-7-24-10-12/h1-8,10H,9H2,(H,21,23). The first-order chi connectivity index (χ1) is 11.7. The molecule has 1 aliphatic heterocycles. The number of benzene rings is 1. The van der Waals surface area contributed by atoms with Gasteiger partial charge in [-0.2, -0.15) is 0 Å². The maximum Gasteiger partial charge on any atom is 0.274 e. The number of pyridine rings is 1. The number of rotatable bonds is 3. The first-order valence-corrected chi connectivity index (χ1v) is 8.14. The third-order valence-electron chi connectivity index (χ3n) is 3.77. The number of nitrogens with one attached hydrogen (secondary N) is 1. The number of hydrogen-bond acceptors (Lipinski definition) is 4. The minimum Gasteiger partial charge on any atom is -0.472 e. The highest BCUT2D eigenvalue weighted by Gasteiger charge is 2.19. The number of amides is 1. The van der Waals surface area contributed by atoms with E-state index < -0.39 is 0 Å². The van der Waals surface area contributed by atoms with E-state index in [1.165, 1.54) is 0 Å². The van der Waals surface area contributed by atoms with Crippen LogP contribution in [-0.2, 0) is 6.54 Å². The van der Waals surface area contributed by atoms with E-state index in [9.17, 15) is 4.79 Å². The molecule has 1 aromatic carbocycles. The molecule has 0 spiro atoms. The van der Waals surface area contributed by atoms with Crippen molar-refractivity contribution in [3.63, 3.8) is 0 Å². The average Bonchev–Trinajstić information content (AvgIpc) is 3.23. The lowest BCUT2D eigenvalue weighted by atomic mass is 10.0. The molecule has 0 fully saturated rings. The molecule has 5 nitrogen and oxygen atoms in total. The van der Waals surface area contributed by atoms with Gasteiger partial charge in [0.15, 0.2) is 0 Å². The van der Waals surface area contributed by atoms with Gasteiger partial charge in [-0.1, -0.05) is 12.1 Å². The monoisotopic (exact) mass is 381 g/mol. The summed E-state index contributed by atoms with van der Waals surface area (Å²) in [7, 11) is 0. The Kier molecular flexibility index (Phi) is 3.74. The first-order valence-electron chi connectivity index (χ1n) is 7.35. The van der Waals surface area contributed by atoms with Gasteiger partial charge in [-0.15, -0.1) is 0 Å². The fourth-order valence-corrected chi connectivity index (χ4v) is 2.98. The van der Waals surface area contributed by atoms with Crippen LogP contribution in [-0.4, -0.2) is 16.6 Å². The van der Waals surface area contributed by atoms with E-state index in [2.05, 4.69) is 31.2 Å². The summed E-state index contributed by atoms with van der Waals surface area (Å²) in [5, 5.41) is 2.88. The van der Waals surface area contributed by atoms with Crippen LogP contribution in [0.15, 0.2) is 69.0 Å². The predicted octanol–water partition coefficient (Wildman–Crippen LogP) is 4.04. The van der Waals surface area contributed by atoms with Gasteiger partial charge in [0.2, 0.25) is 0 Å². The van der Waals surface area contributed by atoms with Gasteiger partial charge in [0.1, 0.15) is 10.3 Å². The van der Waals surface area contributed by atoms with Crippen LogP contribution < -0.4 is 5.32 Å². The van der Waals surface area contributed by atoms with Gasteiger partial charge in [0.25, 0.3) is 5.91 Å². The van der Waals surface area contributed by atoms with Crippen molar-refractivity contribution in [2.45, 2.75) is 6.54 Å². The van der Waals surface area contributed by atoms with Crippen molar-refractivity contribution in [3.8, 4) is 0 Å². The Morgan fingerprint density at radius 2 is 2.12 bits per heavy atom. The average molecular weight is 382 g/mol. The van der Waals surface area contributed by atoms with Crippen molar-refractivity contribution in [2.75, 3.05) is 5.32 Å². The van der Waals surface area contributed by atoms with Crippen molar-refractivity contribution in [3.05, 3.63) is 82.0 Å². The minimum atomic E-state index is -0.254. The summed E-state index contributed by atoms with van der Waals surface area (Å²) in [5.41, 5.74) is 5.02. The number of carbonyl (C=O) groups is 1. The molecule has 1 amide bonds. The Hall–Kier alpha value is -2.73. The van der Waals surface area contributed by atoms with Crippen LogP contribution in [0.5, 0.6) is 0 Å². The van der Waals surface area contributed by atoms with Crippen LogP contribution in [0.25, 0.3) is 0 Å². The summed E-state index contributed by atoms with van der Waals surface area (Å²) >= 11 is 3.27. The number of nitrogens with zero attached hydrogens (tertiary/aromatic N) is 2. The Bertz CT molecular complexity index is 949. The number of hydrogen-bond donors (Lipinski definition) is 1. The van der Waals surface area contributed by atoms with Crippen LogP contribution in [0.1, 0.15) is 27.2 Å². The Balaban J connectivity index is 1.61. The van der Waals surface area contributed by atoms with Crippen LogP contribution in [0.3, 0.4) is 0 Å². The second-order valence-electron chi connectivity index (χ2n) is 5.35. The largest absolute Gasteiger partial charge is 0.472 e. The van der Waals surface area contributed by atoms with E-state index >= 15 is 0 Å². The highest BCUT2D eigenvalue weighted by molar-refractivity contribution is 9.10. The lowest BCUT2D eigenvalue weighted by Gasteiger charge is -2.08. The summed E-state index contributed by atoms with van der Waals surface area (Å²) in [5.74, 6) is -0.254. The molecule has 0 radical (unpaired) electrons. The number of carbonyl (C=O) groups excluding carboxylic acids is 1. The molecule has 3 aromatic rings. The fraction of sp³-hybridized carbons (Fsp3) is 0.0556. The number of fused-ring (bicyclic) bond motifs is 1. The molecule has 24 heavy (non-hydrogen) atoms. The van der Waals surface area contributed by atoms with Gasteiger partial charge >= 0.3 is 0 Å². The second-order valence-corrected chi connectivity index (χ2v) is 6.16. The van der Waals surface area contributed by atoms with Gasteiger partial charge < -0.3 is 9.73 Å². The quantitative estimate of drug-likeness (QED) is 0.696. The summed E-state index contributed by atoms with van der Waals surface area (Å²) in [6, 6.07) is 12.9. The maximum absolute atomic E-state index is 12.3. The highest BCUT2D eigenvalue weighted by atomic mass is 79.9. The third-order valence-corrected chi connectivity index (χ3v) is 4.21. The summed E-state index contributed by atoms with van der Waals surface area (Å²) in [6.45, 7) is 0.636. The third kappa shape index (κ3) is 2.76. The van der Waals surface area contributed by atoms with E-state index in [4.69, 9.17) is 4.42 Å². The molecule has 0 atom stereocenters. The van der Waals surface area contributed by atoms with Gasteiger partial charge in [-0.05, 0) is 51.8 Å². The van der Waals surface area contributed by atoms with Gasteiger partial charge in [-0.3, -0.25) is 9.79 Å². The molecule has 0 unspecified atom stereocenters. The Morgan fingerprint density at radius 3 is 2.92 bits per heavy atom. The number of anilines is 1. The van der Waals surface area contributed by atoms with Crippen molar-refractivity contribution >= 4 is 33.2 Å². The molecule has 4 rings (SSSR count). The fourth-order valence-electron chi connectivity index (χ4n) is 2.64. The molecule has 3 heterocycles. The Morgan fingerprint density at radius 1 is 1.21 bits per heavy atom. The highest BCUT2D eigenvalue weighted by Crippen LogP contribution is 2.26. The molecule has 0 saturated heterocycles. The number of halogens is 1. The zero-order valence-corrected chi connectivity index (χ0v) is 14.1.